The second kappa shape index (κ2) is 4.29. The van der Waals surface area contributed by atoms with E-state index in [1.807, 2.05) is 19.2 Å². The van der Waals surface area contributed by atoms with Crippen LogP contribution >= 0.6 is 0 Å². The van der Waals surface area contributed by atoms with Crippen LogP contribution in [0.5, 0.6) is 6.01 Å². The van der Waals surface area contributed by atoms with Crippen LogP contribution < -0.4 is 10.5 Å². The summed E-state index contributed by atoms with van der Waals surface area (Å²) < 4.78 is 6.92. The summed E-state index contributed by atoms with van der Waals surface area (Å²) in [5.74, 6) is -0.456. The molecule has 0 radical (unpaired) electrons. The van der Waals surface area contributed by atoms with E-state index in [1.165, 1.54) is 0 Å². The number of methoxy groups -OCH3 is 1. The Morgan fingerprint density at radius 3 is 2.88 bits per heavy atom. The molecule has 88 valence electrons. The average Bonchev–Trinajstić information content (AvgIpc) is 2.70. The Labute approximate surface area is 98.8 Å². The molecule has 1 amide bonds. The number of amides is 1. The van der Waals surface area contributed by atoms with Crippen molar-refractivity contribution in [3.05, 3.63) is 41.7 Å². The molecule has 2 rings (SSSR count). The Morgan fingerprint density at radius 1 is 1.47 bits per heavy atom. The predicted molar refractivity (Wildman–Crippen MR) is 63.4 cm³/mol. The van der Waals surface area contributed by atoms with Gasteiger partial charge in [0.2, 0.25) is 5.91 Å². The Kier molecular flexibility index (Phi) is 2.82. The zero-order chi connectivity index (χ0) is 12.4. The molecule has 0 atom stereocenters. The fourth-order valence-electron chi connectivity index (χ4n) is 1.61. The normalized spacial score (nSPS) is 10.2. The molecule has 2 N–H and O–H groups in total. The maximum atomic E-state index is 11.1. The number of aryl methyl sites for hydroxylation is 1. The van der Waals surface area contributed by atoms with Gasteiger partial charge in [-0.2, -0.15) is 0 Å². The number of rotatable bonds is 3. The van der Waals surface area contributed by atoms with Crippen molar-refractivity contribution in [1.82, 2.24) is 9.55 Å². The van der Waals surface area contributed by atoms with E-state index >= 15 is 0 Å². The second-order valence-corrected chi connectivity index (χ2v) is 3.65. The Hall–Kier alpha value is -2.30. The van der Waals surface area contributed by atoms with Gasteiger partial charge in [-0.05, 0) is 25.1 Å². The van der Waals surface area contributed by atoms with Gasteiger partial charge in [-0.25, -0.2) is 4.98 Å². The first-order chi connectivity index (χ1) is 8.11. The van der Waals surface area contributed by atoms with Crippen LogP contribution in [-0.4, -0.2) is 22.6 Å². The summed E-state index contributed by atoms with van der Waals surface area (Å²) in [5.41, 5.74) is 7.33. The smallest absolute Gasteiger partial charge is 0.300 e. The number of hydrogen-bond donors (Lipinski definition) is 1. The molecular weight excluding hydrogens is 218 g/mol. The molecule has 0 unspecified atom stereocenters. The first-order valence-corrected chi connectivity index (χ1v) is 5.12. The third kappa shape index (κ3) is 2.13. The van der Waals surface area contributed by atoms with Crippen LogP contribution in [0.25, 0.3) is 5.69 Å². The highest BCUT2D eigenvalue weighted by Gasteiger charge is 2.09. The number of benzene rings is 1. The van der Waals surface area contributed by atoms with Crippen molar-refractivity contribution in [3.8, 4) is 11.7 Å². The predicted octanol–water partition coefficient (Wildman–Crippen LogP) is 1.29. The molecule has 0 saturated heterocycles. The summed E-state index contributed by atoms with van der Waals surface area (Å²) in [6.45, 7) is 1.87. The zero-order valence-electron chi connectivity index (χ0n) is 9.68. The Morgan fingerprint density at radius 2 is 2.24 bits per heavy atom. The van der Waals surface area contributed by atoms with Crippen molar-refractivity contribution in [2.45, 2.75) is 6.92 Å². The molecule has 1 heterocycles. The Bertz CT molecular complexity index is 561. The molecule has 0 fully saturated rings. The topological polar surface area (TPSA) is 70.1 Å². The summed E-state index contributed by atoms with van der Waals surface area (Å²) in [5, 5.41) is 0. The number of ether oxygens (including phenoxy) is 1. The van der Waals surface area contributed by atoms with Gasteiger partial charge in [-0.3, -0.25) is 9.36 Å². The highest BCUT2D eigenvalue weighted by molar-refractivity contribution is 5.93. The summed E-state index contributed by atoms with van der Waals surface area (Å²) in [7, 11) is 1.55. The first kappa shape index (κ1) is 11.2. The molecule has 1 aromatic carbocycles. The van der Waals surface area contributed by atoms with Crippen molar-refractivity contribution >= 4 is 5.91 Å². The molecule has 0 aliphatic rings. The SMILES string of the molecule is COc1nc(C)cn1-c1cccc(C(N)=O)c1. The molecule has 17 heavy (non-hydrogen) atoms. The Balaban J connectivity index is 2.52. The third-order valence-electron chi connectivity index (χ3n) is 2.39. The van der Waals surface area contributed by atoms with E-state index in [1.54, 1.807) is 29.9 Å². The lowest BCUT2D eigenvalue weighted by molar-refractivity contribution is 0.1000. The van der Waals surface area contributed by atoms with Gasteiger partial charge in [0.15, 0.2) is 0 Å². The van der Waals surface area contributed by atoms with Gasteiger partial charge in [0.1, 0.15) is 0 Å². The highest BCUT2D eigenvalue weighted by Crippen LogP contribution is 2.18. The lowest BCUT2D eigenvalue weighted by Crippen LogP contribution is -2.11. The van der Waals surface area contributed by atoms with Gasteiger partial charge < -0.3 is 10.5 Å². The van der Waals surface area contributed by atoms with Crippen molar-refractivity contribution in [2.75, 3.05) is 7.11 Å². The molecule has 5 nitrogen and oxygen atoms in total. The van der Waals surface area contributed by atoms with Crippen LogP contribution in [0.3, 0.4) is 0 Å². The van der Waals surface area contributed by atoms with Gasteiger partial charge in [-0.1, -0.05) is 6.07 Å². The second-order valence-electron chi connectivity index (χ2n) is 3.65. The van der Waals surface area contributed by atoms with Crippen LogP contribution in [0.4, 0.5) is 0 Å². The van der Waals surface area contributed by atoms with Gasteiger partial charge in [0.25, 0.3) is 0 Å². The lowest BCUT2D eigenvalue weighted by atomic mass is 10.2. The van der Waals surface area contributed by atoms with Crippen LogP contribution in [-0.2, 0) is 0 Å². The van der Waals surface area contributed by atoms with Crippen molar-refractivity contribution in [3.63, 3.8) is 0 Å². The third-order valence-corrected chi connectivity index (χ3v) is 2.39. The monoisotopic (exact) mass is 231 g/mol. The van der Waals surface area contributed by atoms with Crippen LogP contribution in [0.1, 0.15) is 16.1 Å². The van der Waals surface area contributed by atoms with E-state index < -0.39 is 5.91 Å². The highest BCUT2D eigenvalue weighted by atomic mass is 16.5. The summed E-state index contributed by atoms with van der Waals surface area (Å²) in [4.78, 5) is 15.3. The van der Waals surface area contributed by atoms with Crippen LogP contribution in [0, 0.1) is 6.92 Å². The molecule has 5 heteroatoms. The number of aromatic nitrogens is 2. The zero-order valence-corrected chi connectivity index (χ0v) is 9.68. The fourth-order valence-corrected chi connectivity index (χ4v) is 1.61. The van der Waals surface area contributed by atoms with E-state index in [0.717, 1.165) is 11.4 Å². The number of nitrogens with zero attached hydrogens (tertiary/aromatic N) is 2. The van der Waals surface area contributed by atoms with Crippen molar-refractivity contribution < 1.29 is 9.53 Å². The van der Waals surface area contributed by atoms with Crippen LogP contribution in [0.15, 0.2) is 30.5 Å². The van der Waals surface area contributed by atoms with E-state index in [9.17, 15) is 4.79 Å². The van der Waals surface area contributed by atoms with E-state index in [4.69, 9.17) is 10.5 Å². The van der Waals surface area contributed by atoms with Crippen LogP contribution in [0.2, 0.25) is 0 Å². The van der Waals surface area contributed by atoms with Crippen molar-refractivity contribution in [1.29, 1.82) is 0 Å². The largest absolute Gasteiger partial charge is 0.468 e. The maximum Gasteiger partial charge on any atom is 0.300 e. The van der Waals surface area contributed by atoms with Crippen molar-refractivity contribution in [2.24, 2.45) is 5.73 Å². The quantitative estimate of drug-likeness (QED) is 0.865. The van der Waals surface area contributed by atoms with E-state index in [-0.39, 0.29) is 0 Å². The number of imidazole rings is 1. The molecular formula is C12H13N3O2. The summed E-state index contributed by atoms with van der Waals surface area (Å²) in [6, 6.07) is 7.47. The standard InChI is InChI=1S/C12H13N3O2/c1-8-7-15(12(14-8)17-2)10-5-3-4-9(6-10)11(13)16/h3-7H,1-2H3,(H2,13,16). The molecule has 1 aromatic heterocycles. The number of nitrogens with two attached hydrogens (primary N) is 1. The summed E-state index contributed by atoms with van der Waals surface area (Å²) >= 11 is 0. The lowest BCUT2D eigenvalue weighted by Gasteiger charge is -2.06. The van der Waals surface area contributed by atoms with Gasteiger partial charge >= 0.3 is 6.01 Å². The maximum absolute atomic E-state index is 11.1. The molecule has 0 saturated carbocycles. The number of carbonyl (C=O) groups is 1. The minimum Gasteiger partial charge on any atom is -0.468 e. The van der Waals surface area contributed by atoms with E-state index in [0.29, 0.717) is 11.6 Å². The molecule has 2 aromatic rings. The average molecular weight is 231 g/mol. The van der Waals surface area contributed by atoms with Gasteiger partial charge in [0, 0.05) is 11.8 Å². The summed E-state index contributed by atoms with van der Waals surface area (Å²) in [6.07, 6.45) is 1.83. The molecule has 0 spiro atoms. The first-order valence-electron chi connectivity index (χ1n) is 5.12. The van der Waals surface area contributed by atoms with Gasteiger partial charge in [0.05, 0.1) is 18.5 Å². The molecule has 0 aliphatic heterocycles. The number of hydrogen-bond acceptors (Lipinski definition) is 3. The fraction of sp³-hybridized carbons (Fsp3) is 0.167. The van der Waals surface area contributed by atoms with Gasteiger partial charge in [-0.15, -0.1) is 0 Å². The molecule has 0 aliphatic carbocycles. The van der Waals surface area contributed by atoms with E-state index in [2.05, 4.69) is 4.98 Å². The number of primary amides is 1. The number of carbonyl (C=O) groups excluding carboxylic acids is 1. The molecule has 0 bridgehead atoms. The minimum absolute atomic E-state index is 0.455. The minimum atomic E-state index is -0.456.